The summed E-state index contributed by atoms with van der Waals surface area (Å²) >= 11 is 9.44. The molecule has 0 bridgehead atoms. The van der Waals surface area contributed by atoms with Crippen LogP contribution in [0.15, 0.2) is 12.1 Å². The van der Waals surface area contributed by atoms with E-state index in [1.54, 1.807) is 7.11 Å². The molecule has 1 rings (SSSR count). The van der Waals surface area contributed by atoms with Crippen LogP contribution in [0.2, 0.25) is 5.02 Å². The monoisotopic (exact) mass is 262 g/mol. The molecule has 0 spiro atoms. The van der Waals surface area contributed by atoms with E-state index in [1.165, 1.54) is 11.1 Å². The van der Waals surface area contributed by atoms with Gasteiger partial charge in [0.1, 0.15) is 5.75 Å². The highest BCUT2D eigenvalue weighted by atomic mass is 79.9. The van der Waals surface area contributed by atoms with Crippen LogP contribution in [0.3, 0.4) is 0 Å². The lowest BCUT2D eigenvalue weighted by atomic mass is 10.1. The molecule has 1 nitrogen and oxygen atoms in total. The van der Waals surface area contributed by atoms with Gasteiger partial charge in [-0.1, -0.05) is 34.5 Å². The van der Waals surface area contributed by atoms with E-state index in [0.717, 1.165) is 17.5 Å². The molecule has 0 unspecified atom stereocenters. The van der Waals surface area contributed by atoms with E-state index in [9.17, 15) is 0 Å². The molecule has 0 aliphatic rings. The van der Waals surface area contributed by atoms with Crippen molar-refractivity contribution < 1.29 is 4.74 Å². The topological polar surface area (TPSA) is 9.23 Å². The van der Waals surface area contributed by atoms with Crippen LogP contribution in [0, 0.1) is 0 Å². The fraction of sp³-hybridized carbons (Fsp3) is 0.400. The predicted octanol–water partition coefficient (Wildman–Crippen LogP) is 3.81. The Morgan fingerprint density at radius 1 is 1.38 bits per heavy atom. The first kappa shape index (κ1) is 10.9. The molecule has 0 saturated carbocycles. The zero-order valence-electron chi connectivity index (χ0n) is 7.73. The molecule has 0 aliphatic carbocycles. The summed E-state index contributed by atoms with van der Waals surface area (Å²) in [6, 6.07) is 3.95. The Morgan fingerprint density at radius 2 is 2.08 bits per heavy atom. The van der Waals surface area contributed by atoms with Crippen molar-refractivity contribution >= 4 is 27.5 Å². The fourth-order valence-electron chi connectivity index (χ4n) is 1.25. The summed E-state index contributed by atoms with van der Waals surface area (Å²) in [5.41, 5.74) is 2.51. The number of alkyl halides is 1. The maximum absolute atomic E-state index is 6.00. The lowest BCUT2D eigenvalue weighted by Gasteiger charge is -2.09. The molecular weight excluding hydrogens is 251 g/mol. The van der Waals surface area contributed by atoms with Gasteiger partial charge in [-0.05, 0) is 29.7 Å². The van der Waals surface area contributed by atoms with E-state index in [-0.39, 0.29) is 0 Å². The summed E-state index contributed by atoms with van der Waals surface area (Å²) in [5.74, 6) is 0.744. The molecule has 0 aromatic heterocycles. The van der Waals surface area contributed by atoms with Crippen molar-refractivity contribution in [1.29, 1.82) is 0 Å². The fourth-order valence-corrected chi connectivity index (χ4v) is 2.03. The molecule has 13 heavy (non-hydrogen) atoms. The van der Waals surface area contributed by atoms with Crippen LogP contribution in [0.25, 0.3) is 0 Å². The van der Waals surface area contributed by atoms with Gasteiger partial charge in [-0.2, -0.15) is 0 Å². The van der Waals surface area contributed by atoms with Gasteiger partial charge in [0.05, 0.1) is 12.1 Å². The molecule has 0 atom stereocenters. The molecule has 1 aromatic carbocycles. The Bertz CT molecular complexity index is 299. The third-order valence-corrected chi connectivity index (χ3v) is 2.90. The normalized spacial score (nSPS) is 10.2. The molecule has 0 aliphatic heterocycles. The number of rotatable bonds is 3. The Balaban J connectivity index is 3.18. The van der Waals surface area contributed by atoms with Crippen LogP contribution in [0.1, 0.15) is 18.1 Å². The number of halogens is 2. The van der Waals surface area contributed by atoms with Gasteiger partial charge in [0.15, 0.2) is 0 Å². The molecule has 72 valence electrons. The molecule has 0 heterocycles. The minimum Gasteiger partial charge on any atom is -0.495 e. The van der Waals surface area contributed by atoms with Crippen molar-refractivity contribution in [2.75, 3.05) is 7.11 Å². The number of ether oxygens (including phenoxy) is 1. The predicted molar refractivity (Wildman–Crippen MR) is 60.0 cm³/mol. The zero-order valence-corrected chi connectivity index (χ0v) is 10.1. The van der Waals surface area contributed by atoms with Gasteiger partial charge in [-0.15, -0.1) is 0 Å². The van der Waals surface area contributed by atoms with Crippen molar-refractivity contribution in [3.63, 3.8) is 0 Å². The van der Waals surface area contributed by atoms with E-state index < -0.39 is 0 Å². The lowest BCUT2D eigenvalue weighted by Crippen LogP contribution is -1.92. The van der Waals surface area contributed by atoms with Crippen LogP contribution < -0.4 is 4.74 Å². The van der Waals surface area contributed by atoms with Crippen molar-refractivity contribution in [2.24, 2.45) is 0 Å². The second-order valence-corrected chi connectivity index (χ2v) is 3.71. The Labute approximate surface area is 92.2 Å². The van der Waals surface area contributed by atoms with Crippen LogP contribution in [-0.4, -0.2) is 7.11 Å². The van der Waals surface area contributed by atoms with E-state index >= 15 is 0 Å². The van der Waals surface area contributed by atoms with E-state index in [2.05, 4.69) is 22.9 Å². The zero-order chi connectivity index (χ0) is 9.84. The molecule has 0 fully saturated rings. The van der Waals surface area contributed by atoms with Gasteiger partial charge in [-0.25, -0.2) is 0 Å². The third-order valence-electron chi connectivity index (χ3n) is 2.00. The van der Waals surface area contributed by atoms with E-state index in [1.807, 2.05) is 12.1 Å². The summed E-state index contributed by atoms with van der Waals surface area (Å²) in [7, 11) is 1.63. The largest absolute Gasteiger partial charge is 0.495 e. The van der Waals surface area contributed by atoms with Gasteiger partial charge in [-0.3, -0.25) is 0 Å². The molecule has 0 amide bonds. The first-order valence-corrected chi connectivity index (χ1v) is 5.64. The van der Waals surface area contributed by atoms with Gasteiger partial charge in [0.25, 0.3) is 0 Å². The van der Waals surface area contributed by atoms with E-state index in [0.29, 0.717) is 5.02 Å². The highest BCUT2D eigenvalue weighted by Crippen LogP contribution is 2.29. The summed E-state index contributed by atoms with van der Waals surface area (Å²) in [4.78, 5) is 0. The van der Waals surface area contributed by atoms with Gasteiger partial charge in [0, 0.05) is 5.33 Å². The maximum atomic E-state index is 6.00. The van der Waals surface area contributed by atoms with Gasteiger partial charge in [0.2, 0.25) is 0 Å². The quantitative estimate of drug-likeness (QED) is 0.754. The molecule has 0 radical (unpaired) electrons. The van der Waals surface area contributed by atoms with Crippen LogP contribution >= 0.6 is 27.5 Å². The Kier molecular flexibility index (Phi) is 4.07. The highest BCUT2D eigenvalue weighted by Gasteiger charge is 2.06. The first-order chi connectivity index (χ1) is 6.22. The smallest absolute Gasteiger partial charge is 0.137 e. The number of methoxy groups -OCH3 is 1. The van der Waals surface area contributed by atoms with Crippen molar-refractivity contribution in [2.45, 2.75) is 18.7 Å². The SMILES string of the molecule is CCc1cc(Cl)c(OC)cc1CBr. The van der Waals surface area contributed by atoms with Crippen LogP contribution in [0.5, 0.6) is 5.75 Å². The average Bonchev–Trinajstić information content (AvgIpc) is 2.17. The number of hydrogen-bond acceptors (Lipinski definition) is 1. The molecule has 1 aromatic rings. The summed E-state index contributed by atoms with van der Waals surface area (Å²) in [6.45, 7) is 2.12. The Hall–Kier alpha value is -0.210. The summed E-state index contributed by atoms with van der Waals surface area (Å²) in [5, 5.41) is 1.52. The maximum Gasteiger partial charge on any atom is 0.137 e. The summed E-state index contributed by atoms with van der Waals surface area (Å²) in [6.07, 6.45) is 0.991. The minimum absolute atomic E-state index is 0.684. The molecule has 0 saturated heterocycles. The van der Waals surface area contributed by atoms with Gasteiger partial charge >= 0.3 is 0 Å². The number of hydrogen-bond donors (Lipinski definition) is 0. The van der Waals surface area contributed by atoms with Crippen molar-refractivity contribution in [3.05, 3.63) is 28.3 Å². The van der Waals surface area contributed by atoms with Crippen molar-refractivity contribution in [3.8, 4) is 5.75 Å². The van der Waals surface area contributed by atoms with Crippen LogP contribution in [0.4, 0.5) is 0 Å². The van der Waals surface area contributed by atoms with Crippen molar-refractivity contribution in [1.82, 2.24) is 0 Å². The molecule has 3 heteroatoms. The Morgan fingerprint density at radius 3 is 2.54 bits per heavy atom. The number of aryl methyl sites for hydroxylation is 1. The molecular formula is C10H12BrClO. The van der Waals surface area contributed by atoms with Crippen LogP contribution in [-0.2, 0) is 11.8 Å². The lowest BCUT2D eigenvalue weighted by molar-refractivity contribution is 0.414. The second kappa shape index (κ2) is 4.87. The third kappa shape index (κ3) is 2.38. The second-order valence-electron chi connectivity index (χ2n) is 2.74. The standard InChI is InChI=1S/C10H12BrClO/c1-3-7-4-9(12)10(13-2)5-8(7)6-11/h4-5H,3,6H2,1-2H3. The highest BCUT2D eigenvalue weighted by molar-refractivity contribution is 9.08. The molecule has 0 N–H and O–H groups in total. The summed E-state index contributed by atoms with van der Waals surface area (Å²) < 4.78 is 5.13. The number of benzene rings is 1. The first-order valence-electron chi connectivity index (χ1n) is 4.14. The van der Waals surface area contributed by atoms with Gasteiger partial charge < -0.3 is 4.74 Å². The van der Waals surface area contributed by atoms with E-state index in [4.69, 9.17) is 16.3 Å². The average molecular weight is 264 g/mol. The minimum atomic E-state index is 0.684.